The van der Waals surface area contributed by atoms with Crippen LogP contribution in [-0.2, 0) is 22.6 Å². The Kier molecular flexibility index (Phi) is 6.25. The Morgan fingerprint density at radius 2 is 2.09 bits per heavy atom. The number of para-hydroxylation sites is 1. The summed E-state index contributed by atoms with van der Waals surface area (Å²) < 4.78 is 25.4. The molecule has 172 valence electrons. The van der Waals surface area contributed by atoms with Gasteiger partial charge in [0.05, 0.1) is 19.3 Å². The van der Waals surface area contributed by atoms with Crippen LogP contribution < -0.4 is 10.1 Å². The second-order valence-electron chi connectivity index (χ2n) is 9.50. The van der Waals surface area contributed by atoms with Crippen LogP contribution in [0.5, 0.6) is 5.75 Å². The Balaban J connectivity index is 1.23. The molecule has 2 aliphatic rings. The quantitative estimate of drug-likeness (QED) is 0.523. The number of benzene rings is 2. The predicted molar refractivity (Wildman–Crippen MR) is 117 cm³/mol. The van der Waals surface area contributed by atoms with Gasteiger partial charge in [0.25, 0.3) is 0 Å². The van der Waals surface area contributed by atoms with Crippen LogP contribution in [0.25, 0.3) is 0 Å². The van der Waals surface area contributed by atoms with E-state index >= 15 is 0 Å². The van der Waals surface area contributed by atoms with E-state index in [2.05, 4.69) is 5.32 Å². The summed E-state index contributed by atoms with van der Waals surface area (Å²) in [5.74, 6) is -0.830. The minimum atomic E-state index is -0.821. The second-order valence-corrected chi connectivity index (χ2v) is 9.50. The van der Waals surface area contributed by atoms with E-state index in [1.54, 1.807) is 19.1 Å². The Bertz CT molecular complexity index is 1010. The maximum absolute atomic E-state index is 13.8. The van der Waals surface area contributed by atoms with Gasteiger partial charge in [-0.15, -0.1) is 0 Å². The molecule has 4 rings (SSSR count). The fraction of sp³-hybridized carbons (Fsp3) is 0.480. The number of hydrogen-bond donors (Lipinski definition) is 3. The number of aliphatic hydroxyl groups is 1. The zero-order valence-corrected chi connectivity index (χ0v) is 18.6. The van der Waals surface area contributed by atoms with Gasteiger partial charge in [0.15, 0.2) is 0 Å². The van der Waals surface area contributed by atoms with Crippen molar-refractivity contribution < 1.29 is 28.9 Å². The number of hydrogen-bond acceptors (Lipinski definition) is 5. The van der Waals surface area contributed by atoms with Crippen LogP contribution >= 0.6 is 0 Å². The Hall–Kier alpha value is -2.48. The number of carboxylic acid groups (broad SMARTS) is 1. The van der Waals surface area contributed by atoms with E-state index in [-0.39, 0.29) is 36.6 Å². The maximum Gasteiger partial charge on any atom is 0.311 e. The standard InChI is InChI=1S/C25H30FNO5/c1-14-7-8-15(9-19(14)26)10-25(2,3)27-11-17(28)13-31-12-16-5-4-6-18-20-21(24(29)30)23(20)32-22(16)18/h4-9,17,20-21,23,27-28H,10-13H2,1-3H3,(H,29,30)/t17-,20+,21+,23+/m1/s1. The number of ether oxygens (including phenoxy) is 2. The summed E-state index contributed by atoms with van der Waals surface area (Å²) in [5.41, 5.74) is 3.00. The summed E-state index contributed by atoms with van der Waals surface area (Å²) in [6.07, 6.45) is -0.348. The molecule has 0 spiro atoms. The van der Waals surface area contributed by atoms with Crippen molar-refractivity contribution in [2.75, 3.05) is 13.2 Å². The lowest BCUT2D eigenvalue weighted by Crippen LogP contribution is -2.46. The summed E-state index contributed by atoms with van der Waals surface area (Å²) in [6, 6.07) is 10.9. The average Bonchev–Trinajstić information content (AvgIpc) is 3.32. The number of aliphatic carboxylic acids is 1. The highest BCUT2D eigenvalue weighted by Gasteiger charge is 2.63. The van der Waals surface area contributed by atoms with E-state index in [1.807, 2.05) is 38.1 Å². The Morgan fingerprint density at radius 3 is 2.81 bits per heavy atom. The van der Waals surface area contributed by atoms with Crippen LogP contribution in [0, 0.1) is 18.7 Å². The number of β-amino-alcohol motifs (C(OH)–C–C–N with tert-alkyl or cyclic N) is 1. The summed E-state index contributed by atoms with van der Waals surface area (Å²) >= 11 is 0. The van der Waals surface area contributed by atoms with Gasteiger partial charge in [0.2, 0.25) is 0 Å². The lowest BCUT2D eigenvalue weighted by molar-refractivity contribution is -0.139. The number of rotatable bonds is 10. The van der Waals surface area contributed by atoms with E-state index in [1.165, 1.54) is 0 Å². The van der Waals surface area contributed by atoms with Crippen molar-refractivity contribution in [3.63, 3.8) is 0 Å². The molecule has 6 nitrogen and oxygen atoms in total. The van der Waals surface area contributed by atoms with Crippen molar-refractivity contribution in [2.45, 2.75) is 57.5 Å². The van der Waals surface area contributed by atoms with E-state index < -0.39 is 18.0 Å². The molecular weight excluding hydrogens is 413 g/mol. The number of halogens is 1. The molecule has 0 amide bonds. The largest absolute Gasteiger partial charge is 0.488 e. The molecule has 4 atom stereocenters. The number of carboxylic acids is 1. The molecular formula is C25H30FNO5. The lowest BCUT2D eigenvalue weighted by Gasteiger charge is -2.28. The molecule has 0 unspecified atom stereocenters. The van der Waals surface area contributed by atoms with Crippen molar-refractivity contribution >= 4 is 5.97 Å². The maximum atomic E-state index is 13.8. The monoisotopic (exact) mass is 443 g/mol. The third-order valence-electron chi connectivity index (χ3n) is 6.25. The van der Waals surface area contributed by atoms with E-state index in [0.29, 0.717) is 18.5 Å². The van der Waals surface area contributed by atoms with Gasteiger partial charge in [-0.1, -0.05) is 30.3 Å². The van der Waals surface area contributed by atoms with E-state index in [9.17, 15) is 19.4 Å². The van der Waals surface area contributed by atoms with Gasteiger partial charge in [0, 0.05) is 29.1 Å². The molecule has 7 heteroatoms. The fourth-order valence-corrected chi connectivity index (χ4v) is 4.43. The molecule has 2 aromatic rings. The van der Waals surface area contributed by atoms with Gasteiger partial charge in [-0.05, 0) is 44.4 Å². The molecule has 1 saturated carbocycles. The van der Waals surface area contributed by atoms with Crippen molar-refractivity contribution in [1.82, 2.24) is 5.32 Å². The summed E-state index contributed by atoms with van der Waals surface area (Å²) in [6.45, 7) is 6.54. The first-order valence-corrected chi connectivity index (χ1v) is 10.9. The highest BCUT2D eigenvalue weighted by atomic mass is 19.1. The van der Waals surface area contributed by atoms with Gasteiger partial charge in [-0.3, -0.25) is 4.79 Å². The fourth-order valence-electron chi connectivity index (χ4n) is 4.43. The first-order valence-electron chi connectivity index (χ1n) is 10.9. The SMILES string of the molecule is Cc1ccc(CC(C)(C)NC[C@@H](O)COCc2cccc3c2O[C@@H]2[C@@H](C(=O)O)[C@H]32)cc1F. The molecule has 32 heavy (non-hydrogen) atoms. The van der Waals surface area contributed by atoms with Gasteiger partial charge < -0.3 is 25.0 Å². The van der Waals surface area contributed by atoms with Crippen molar-refractivity contribution in [3.05, 3.63) is 64.5 Å². The van der Waals surface area contributed by atoms with Gasteiger partial charge >= 0.3 is 5.97 Å². The van der Waals surface area contributed by atoms with Crippen LogP contribution in [0.15, 0.2) is 36.4 Å². The van der Waals surface area contributed by atoms with E-state index in [0.717, 1.165) is 22.4 Å². The number of carbonyl (C=O) groups is 1. The van der Waals surface area contributed by atoms with Crippen LogP contribution in [0.3, 0.4) is 0 Å². The summed E-state index contributed by atoms with van der Waals surface area (Å²) in [4.78, 5) is 11.2. The average molecular weight is 444 g/mol. The Labute approximate surface area is 187 Å². The summed E-state index contributed by atoms with van der Waals surface area (Å²) in [5, 5.41) is 22.9. The minimum absolute atomic E-state index is 0.0681. The number of aryl methyl sites for hydroxylation is 1. The molecule has 2 aromatic carbocycles. The van der Waals surface area contributed by atoms with E-state index in [4.69, 9.17) is 9.47 Å². The van der Waals surface area contributed by atoms with Gasteiger partial charge in [-0.2, -0.15) is 0 Å². The second kappa shape index (κ2) is 8.81. The third kappa shape index (κ3) is 4.80. The van der Waals surface area contributed by atoms with Crippen molar-refractivity contribution in [2.24, 2.45) is 5.92 Å². The van der Waals surface area contributed by atoms with Crippen LogP contribution in [0.4, 0.5) is 4.39 Å². The molecule has 0 radical (unpaired) electrons. The third-order valence-corrected chi connectivity index (χ3v) is 6.25. The predicted octanol–water partition coefficient (Wildman–Crippen LogP) is 3.18. The highest BCUT2D eigenvalue weighted by Crippen LogP contribution is 2.59. The summed E-state index contributed by atoms with van der Waals surface area (Å²) in [7, 11) is 0. The van der Waals surface area contributed by atoms with Gasteiger partial charge in [0.1, 0.15) is 23.6 Å². The first kappa shape index (κ1) is 22.7. The zero-order chi connectivity index (χ0) is 23.0. The molecule has 0 bridgehead atoms. The molecule has 3 N–H and O–H groups in total. The normalized spacial score (nSPS) is 22.1. The molecule has 1 aliphatic heterocycles. The smallest absolute Gasteiger partial charge is 0.311 e. The van der Waals surface area contributed by atoms with Crippen molar-refractivity contribution in [3.8, 4) is 5.75 Å². The first-order chi connectivity index (χ1) is 15.2. The number of nitrogens with one attached hydrogen (secondary N) is 1. The highest BCUT2D eigenvalue weighted by molar-refractivity contribution is 5.79. The molecule has 1 fully saturated rings. The molecule has 0 saturated heterocycles. The number of aliphatic hydroxyl groups excluding tert-OH is 1. The van der Waals surface area contributed by atoms with Crippen LogP contribution in [-0.4, -0.2) is 47.1 Å². The molecule has 1 aliphatic carbocycles. The van der Waals surface area contributed by atoms with Crippen molar-refractivity contribution in [1.29, 1.82) is 0 Å². The lowest BCUT2D eigenvalue weighted by atomic mass is 9.94. The molecule has 0 aromatic heterocycles. The molecule has 1 heterocycles. The van der Waals surface area contributed by atoms with Crippen LogP contribution in [0.2, 0.25) is 0 Å². The van der Waals surface area contributed by atoms with Crippen LogP contribution in [0.1, 0.15) is 42.0 Å². The van der Waals surface area contributed by atoms with Gasteiger partial charge in [-0.25, -0.2) is 4.39 Å². The zero-order valence-electron chi connectivity index (χ0n) is 18.6. The Morgan fingerprint density at radius 1 is 1.31 bits per heavy atom. The topological polar surface area (TPSA) is 88.0 Å². The number of fused-ring (bicyclic) bond motifs is 3. The minimum Gasteiger partial charge on any atom is -0.488 e.